The van der Waals surface area contributed by atoms with Crippen molar-refractivity contribution in [3.63, 3.8) is 0 Å². The van der Waals surface area contributed by atoms with Crippen molar-refractivity contribution in [1.29, 1.82) is 0 Å². The van der Waals surface area contributed by atoms with Crippen molar-refractivity contribution in [3.8, 4) is 0 Å². The van der Waals surface area contributed by atoms with Gasteiger partial charge in [-0.1, -0.05) is 13.8 Å². The van der Waals surface area contributed by atoms with Gasteiger partial charge in [0, 0.05) is 0 Å². The molecule has 0 radical (unpaired) electrons. The third-order valence-electron chi connectivity index (χ3n) is 3.29. The predicted molar refractivity (Wildman–Crippen MR) is 114 cm³/mol. The molecule has 2 atom stereocenters. The number of hydrogen-bond acceptors (Lipinski definition) is 8. The number of ketones is 2. The minimum absolute atomic E-state index is 0. The fraction of sp³-hybridized carbons (Fsp3) is 0.818. The van der Waals surface area contributed by atoms with Crippen LogP contribution in [0.15, 0.2) is 0 Å². The number of carbonyl (C=O) groups excluding carboxylic acids is 4. The van der Waals surface area contributed by atoms with E-state index in [2.05, 4.69) is 0 Å². The van der Waals surface area contributed by atoms with Crippen LogP contribution >= 0.6 is 0 Å². The van der Waals surface area contributed by atoms with Crippen molar-refractivity contribution in [3.05, 3.63) is 0 Å². The average Bonchev–Trinajstić information content (AvgIpc) is 2.61. The summed E-state index contributed by atoms with van der Waals surface area (Å²) in [6.45, 7) is 11.8. The second-order valence-corrected chi connectivity index (χ2v) is 10.1. The minimum atomic E-state index is -5.87. The Morgan fingerprint density at radius 1 is 0.561 bits per heavy atom. The largest absolute Gasteiger partial charge is 2.00 e. The second kappa shape index (κ2) is 18.0. The number of aliphatic hydroxyl groups is 2. The van der Waals surface area contributed by atoms with Gasteiger partial charge in [-0.25, -0.2) is 0 Å². The summed E-state index contributed by atoms with van der Waals surface area (Å²) in [5.41, 5.74) is -1.00. The van der Waals surface area contributed by atoms with Gasteiger partial charge in [-0.15, -0.1) is 0 Å². The van der Waals surface area contributed by atoms with Gasteiger partial charge in [-0.3, -0.25) is 9.59 Å². The number of Topliss-reactive ketones (excluding diaryl/α,β-unsaturated/α-hetero) is 2. The average molecular weight is 662 g/mol. The van der Waals surface area contributed by atoms with Crippen LogP contribution in [0.1, 0.15) is 68.2 Å². The fourth-order valence-electron chi connectivity index (χ4n) is 1.21. The van der Waals surface area contributed by atoms with E-state index in [-0.39, 0.29) is 21.7 Å². The van der Waals surface area contributed by atoms with E-state index in [4.69, 9.17) is 10.2 Å². The zero-order chi connectivity index (χ0) is 33.9. The molecule has 0 aromatic carbocycles. The maximum atomic E-state index is 12.2. The van der Waals surface area contributed by atoms with E-state index in [0.717, 1.165) is 0 Å². The van der Waals surface area contributed by atoms with Crippen molar-refractivity contribution in [2.45, 2.75) is 104 Å². The molecule has 0 spiro atoms. The summed E-state index contributed by atoms with van der Waals surface area (Å²) >= 11 is 0. The molecule has 41 heavy (non-hydrogen) atoms. The molecular formula is C22H32F10O8Ti. The number of carboxylic acid groups (broad SMARTS) is 2. The Kier molecular flexibility index (Phi) is 21.5. The van der Waals surface area contributed by atoms with Crippen LogP contribution in [-0.4, -0.2) is 69.1 Å². The summed E-state index contributed by atoms with van der Waals surface area (Å²) in [5, 5.41) is 37.1. The van der Waals surface area contributed by atoms with Gasteiger partial charge in [-0.05, 0) is 41.5 Å². The number of hydrogen-bond donors (Lipinski definition) is 2. The van der Waals surface area contributed by atoms with Gasteiger partial charge in [0.25, 0.3) is 0 Å². The molecule has 0 rings (SSSR count). The van der Waals surface area contributed by atoms with Crippen molar-refractivity contribution in [2.24, 2.45) is 11.8 Å². The molecule has 242 valence electrons. The molecule has 0 amide bonds. The Morgan fingerprint density at radius 2 is 0.707 bits per heavy atom. The second-order valence-electron chi connectivity index (χ2n) is 10.1. The summed E-state index contributed by atoms with van der Waals surface area (Å²) in [6, 6.07) is 0. The quantitative estimate of drug-likeness (QED) is 0.229. The van der Waals surface area contributed by atoms with Crippen LogP contribution in [0.5, 0.6) is 0 Å². The minimum Gasteiger partial charge on any atom is -0.549 e. The van der Waals surface area contributed by atoms with Gasteiger partial charge >= 0.3 is 45.9 Å². The van der Waals surface area contributed by atoms with Gasteiger partial charge in [0.15, 0.2) is 0 Å². The summed E-state index contributed by atoms with van der Waals surface area (Å²) in [7, 11) is 0. The molecule has 0 aromatic rings. The van der Waals surface area contributed by atoms with Crippen LogP contribution in [0.25, 0.3) is 0 Å². The predicted octanol–water partition coefficient (Wildman–Crippen LogP) is 2.61. The van der Waals surface area contributed by atoms with E-state index in [9.17, 15) is 73.3 Å². The third kappa shape index (κ3) is 28.1. The van der Waals surface area contributed by atoms with Crippen molar-refractivity contribution >= 4 is 23.5 Å². The van der Waals surface area contributed by atoms with Gasteiger partial charge in [0.2, 0.25) is 0 Å². The summed E-state index contributed by atoms with van der Waals surface area (Å²) in [6.07, 6.45) is -16.1. The molecule has 0 aliphatic heterocycles. The van der Waals surface area contributed by atoms with Crippen LogP contribution < -0.4 is 10.2 Å². The fourth-order valence-corrected chi connectivity index (χ4v) is 1.21. The molecule has 0 aliphatic carbocycles. The number of rotatable bonds is 8. The Hall–Kier alpha value is -1.79. The molecule has 2 N–H and O–H groups in total. The molecule has 8 nitrogen and oxygen atoms in total. The first kappa shape index (κ1) is 48.9. The molecule has 2 unspecified atom stereocenters. The van der Waals surface area contributed by atoms with Crippen LogP contribution in [0.2, 0.25) is 0 Å². The van der Waals surface area contributed by atoms with Crippen LogP contribution in [-0.2, 0) is 40.9 Å². The Balaban J connectivity index is -0.000000156. The van der Waals surface area contributed by atoms with Crippen molar-refractivity contribution < 1.29 is 105 Å². The molecular weight excluding hydrogens is 630 g/mol. The SMILES string of the molecule is CC(C(=O)[O-])C(=O)CC(F)(F)C(F)(F)F.CC(C(=O)[O-])C(=O)CC(F)(F)C(F)(F)F.CC(C)(C)O.CC(C)(C)O.[Ti+2]. The number of aliphatic carboxylic acids is 2. The van der Waals surface area contributed by atoms with E-state index < -0.39 is 83.6 Å². The topological polar surface area (TPSA) is 155 Å². The zero-order valence-corrected chi connectivity index (χ0v) is 24.8. The maximum absolute atomic E-state index is 12.2. The number of halogens is 10. The standard InChI is InChI=1S/2C7H7F5O3.2C4H10O.Ti/c2*1-3(5(14)15)4(13)2-6(8,9)7(10,11)12;2*1-4(2,3)5;/h2*3H,2H2,1H3,(H,14,15);2*5H,1-3H3;/q;;;;+2/p-2. The number of alkyl halides is 10. The van der Waals surface area contributed by atoms with Gasteiger partial charge < -0.3 is 30.0 Å². The Bertz CT molecular complexity index is 750. The summed E-state index contributed by atoms with van der Waals surface area (Å²) in [5.74, 6) is -21.8. The van der Waals surface area contributed by atoms with Gasteiger partial charge in [0.1, 0.15) is 11.6 Å². The normalized spacial score (nSPS) is 13.8. The van der Waals surface area contributed by atoms with Crippen molar-refractivity contribution in [1.82, 2.24) is 0 Å². The van der Waals surface area contributed by atoms with E-state index in [1.54, 1.807) is 41.5 Å². The Labute approximate surface area is 244 Å². The first-order valence-corrected chi connectivity index (χ1v) is 10.8. The molecule has 0 aliphatic rings. The molecule has 0 heterocycles. The maximum Gasteiger partial charge on any atom is 2.00 e. The smallest absolute Gasteiger partial charge is 0.549 e. The van der Waals surface area contributed by atoms with E-state index in [0.29, 0.717) is 13.8 Å². The molecule has 0 fully saturated rings. The number of carbonyl (C=O) groups is 4. The number of carboxylic acids is 2. The first-order chi connectivity index (χ1) is 17.0. The van der Waals surface area contributed by atoms with Crippen LogP contribution in [0.4, 0.5) is 43.9 Å². The van der Waals surface area contributed by atoms with Gasteiger partial charge in [-0.2, -0.15) is 43.9 Å². The Morgan fingerprint density at radius 3 is 0.805 bits per heavy atom. The van der Waals surface area contributed by atoms with Crippen LogP contribution in [0.3, 0.4) is 0 Å². The van der Waals surface area contributed by atoms with Crippen LogP contribution in [0, 0.1) is 11.8 Å². The van der Waals surface area contributed by atoms with E-state index in [1.165, 1.54) is 0 Å². The van der Waals surface area contributed by atoms with E-state index >= 15 is 0 Å². The summed E-state index contributed by atoms with van der Waals surface area (Å²) < 4.78 is 119. The molecule has 0 aromatic heterocycles. The monoisotopic (exact) mass is 662 g/mol. The van der Waals surface area contributed by atoms with Gasteiger partial charge in [0.05, 0.1) is 47.8 Å². The summed E-state index contributed by atoms with van der Waals surface area (Å²) in [4.78, 5) is 41.3. The molecule has 0 saturated heterocycles. The van der Waals surface area contributed by atoms with E-state index in [1.807, 2.05) is 0 Å². The van der Waals surface area contributed by atoms with Crippen molar-refractivity contribution in [2.75, 3.05) is 0 Å². The zero-order valence-electron chi connectivity index (χ0n) is 23.2. The molecule has 0 bridgehead atoms. The third-order valence-corrected chi connectivity index (χ3v) is 3.29. The molecule has 19 heteroatoms. The first-order valence-electron chi connectivity index (χ1n) is 10.8. The molecule has 0 saturated carbocycles.